The Balaban J connectivity index is 1.91. The first kappa shape index (κ1) is 10.8. The van der Waals surface area contributed by atoms with Crippen molar-refractivity contribution in [2.75, 3.05) is 0 Å². The average molecular weight is 226 g/mol. The van der Waals surface area contributed by atoms with Crippen molar-refractivity contribution >= 4 is 0 Å². The van der Waals surface area contributed by atoms with E-state index in [1.165, 1.54) is 36.8 Å². The lowest BCUT2D eigenvalue weighted by Gasteiger charge is -2.28. The lowest BCUT2D eigenvalue weighted by molar-refractivity contribution is 0.361. The fourth-order valence-corrected chi connectivity index (χ4v) is 3.33. The third-order valence-corrected chi connectivity index (χ3v) is 4.24. The van der Waals surface area contributed by atoms with Gasteiger partial charge in [0.25, 0.3) is 0 Å². The Kier molecular flexibility index (Phi) is 2.64. The maximum atomic E-state index is 9.61. The van der Waals surface area contributed by atoms with E-state index >= 15 is 0 Å². The molecular weight excluding hydrogens is 208 g/mol. The zero-order chi connectivity index (χ0) is 11.7. The highest BCUT2D eigenvalue weighted by molar-refractivity contribution is 5.43. The molecule has 1 aromatic rings. The molecule has 88 valence electrons. The minimum absolute atomic E-state index is 0.411. The summed E-state index contributed by atoms with van der Waals surface area (Å²) in [6.45, 7) is 0. The maximum Gasteiger partial charge on any atom is 0.133 e. The zero-order valence-electron chi connectivity index (χ0n) is 10.1. The van der Waals surface area contributed by atoms with Crippen molar-refractivity contribution in [2.24, 2.45) is 0 Å². The van der Waals surface area contributed by atoms with E-state index in [4.69, 9.17) is 0 Å². The van der Waals surface area contributed by atoms with E-state index in [1.54, 1.807) is 0 Å². The van der Waals surface area contributed by atoms with E-state index in [9.17, 15) is 5.26 Å². The van der Waals surface area contributed by atoms with Crippen molar-refractivity contribution < 1.29 is 0 Å². The van der Waals surface area contributed by atoms with Crippen molar-refractivity contribution in [1.82, 2.24) is 5.32 Å². The molecule has 17 heavy (non-hydrogen) atoms. The molecule has 0 heterocycles. The van der Waals surface area contributed by atoms with Crippen LogP contribution in [0, 0.1) is 11.3 Å². The number of nitrogens with zero attached hydrogens (tertiary/aromatic N) is 1. The van der Waals surface area contributed by atoms with Crippen molar-refractivity contribution in [3.63, 3.8) is 0 Å². The van der Waals surface area contributed by atoms with Crippen LogP contribution in [0.1, 0.15) is 43.2 Å². The largest absolute Gasteiger partial charge is 0.293 e. The first-order chi connectivity index (χ1) is 8.34. The molecule has 1 N–H and O–H groups in total. The lowest BCUT2D eigenvalue weighted by Crippen LogP contribution is -2.44. The van der Waals surface area contributed by atoms with Gasteiger partial charge in [-0.1, -0.05) is 37.1 Å². The van der Waals surface area contributed by atoms with Gasteiger partial charge in [-0.15, -0.1) is 0 Å². The standard InChI is InChI=1S/C15H18N2/c16-11-15(17-13-6-2-3-7-13)10-9-12-5-1-4-8-14(12)15/h1,4-5,8,13,17H,2-3,6-7,9-10H2. The Morgan fingerprint density at radius 3 is 2.76 bits per heavy atom. The van der Waals surface area contributed by atoms with Crippen molar-refractivity contribution in [3.05, 3.63) is 35.4 Å². The van der Waals surface area contributed by atoms with E-state index in [-0.39, 0.29) is 0 Å². The number of aryl methyl sites for hydroxylation is 1. The Labute approximate surface area is 103 Å². The third-order valence-electron chi connectivity index (χ3n) is 4.24. The predicted octanol–water partition coefficient (Wildman–Crippen LogP) is 2.88. The second-order valence-corrected chi connectivity index (χ2v) is 5.30. The van der Waals surface area contributed by atoms with Gasteiger partial charge in [-0.05, 0) is 36.8 Å². The van der Waals surface area contributed by atoms with E-state index in [2.05, 4.69) is 29.6 Å². The summed E-state index contributed by atoms with van der Waals surface area (Å²) >= 11 is 0. The fourth-order valence-electron chi connectivity index (χ4n) is 3.33. The monoisotopic (exact) mass is 226 g/mol. The Hall–Kier alpha value is -1.33. The molecule has 0 saturated heterocycles. The maximum absolute atomic E-state index is 9.61. The summed E-state index contributed by atoms with van der Waals surface area (Å²) in [4.78, 5) is 0. The molecule has 1 fully saturated rings. The smallest absolute Gasteiger partial charge is 0.133 e. The predicted molar refractivity (Wildman–Crippen MR) is 67.4 cm³/mol. The lowest BCUT2D eigenvalue weighted by atomic mass is 9.92. The summed E-state index contributed by atoms with van der Waals surface area (Å²) in [7, 11) is 0. The highest BCUT2D eigenvalue weighted by Crippen LogP contribution is 2.38. The molecule has 0 aliphatic heterocycles. The van der Waals surface area contributed by atoms with Crippen LogP contribution in [0.15, 0.2) is 24.3 Å². The molecule has 1 aromatic carbocycles. The molecule has 2 nitrogen and oxygen atoms in total. The normalized spacial score (nSPS) is 27.9. The molecule has 1 atom stereocenters. The van der Waals surface area contributed by atoms with Crippen molar-refractivity contribution in [1.29, 1.82) is 5.26 Å². The van der Waals surface area contributed by atoms with Gasteiger partial charge >= 0.3 is 0 Å². The molecule has 3 rings (SSSR count). The minimum atomic E-state index is -0.411. The second kappa shape index (κ2) is 4.16. The summed E-state index contributed by atoms with van der Waals surface area (Å²) in [5, 5.41) is 13.2. The Bertz CT molecular complexity index is 454. The summed E-state index contributed by atoms with van der Waals surface area (Å²) in [5.74, 6) is 0. The summed E-state index contributed by atoms with van der Waals surface area (Å²) < 4.78 is 0. The van der Waals surface area contributed by atoms with E-state index < -0.39 is 5.54 Å². The first-order valence-corrected chi connectivity index (χ1v) is 6.61. The first-order valence-electron chi connectivity index (χ1n) is 6.61. The Morgan fingerprint density at radius 1 is 1.24 bits per heavy atom. The number of hydrogen-bond acceptors (Lipinski definition) is 2. The number of nitrogens with one attached hydrogen (secondary N) is 1. The summed E-state index contributed by atoms with van der Waals surface area (Å²) in [6, 6.07) is 11.5. The van der Waals surface area contributed by atoms with Crippen LogP contribution < -0.4 is 5.32 Å². The van der Waals surface area contributed by atoms with Gasteiger partial charge in [-0.3, -0.25) is 5.32 Å². The van der Waals surface area contributed by atoms with Crippen LogP contribution in [0.5, 0.6) is 0 Å². The number of hydrogen-bond donors (Lipinski definition) is 1. The highest BCUT2D eigenvalue weighted by Gasteiger charge is 2.40. The van der Waals surface area contributed by atoms with Crippen LogP contribution in [-0.4, -0.2) is 6.04 Å². The van der Waals surface area contributed by atoms with Crippen LogP contribution in [0.3, 0.4) is 0 Å². The molecule has 0 spiro atoms. The fraction of sp³-hybridized carbons (Fsp3) is 0.533. The number of fused-ring (bicyclic) bond motifs is 1. The minimum Gasteiger partial charge on any atom is -0.293 e. The molecular formula is C15H18N2. The number of benzene rings is 1. The van der Waals surface area contributed by atoms with Crippen LogP contribution in [-0.2, 0) is 12.0 Å². The highest BCUT2D eigenvalue weighted by atomic mass is 15.0. The molecule has 1 unspecified atom stereocenters. The SMILES string of the molecule is N#CC1(NC2CCCC2)CCc2ccccc21. The van der Waals surface area contributed by atoms with Crippen LogP contribution in [0.25, 0.3) is 0 Å². The molecule has 0 radical (unpaired) electrons. The second-order valence-electron chi connectivity index (χ2n) is 5.30. The van der Waals surface area contributed by atoms with Gasteiger partial charge in [0.1, 0.15) is 5.54 Å². The van der Waals surface area contributed by atoms with Crippen LogP contribution in [0.2, 0.25) is 0 Å². The van der Waals surface area contributed by atoms with E-state index in [0.717, 1.165) is 12.8 Å². The zero-order valence-corrected chi connectivity index (χ0v) is 10.1. The summed E-state index contributed by atoms with van der Waals surface area (Å²) in [5.41, 5.74) is 2.15. The molecule has 2 heteroatoms. The number of rotatable bonds is 2. The van der Waals surface area contributed by atoms with Gasteiger partial charge in [0, 0.05) is 6.04 Å². The molecule has 0 amide bonds. The molecule has 0 aromatic heterocycles. The van der Waals surface area contributed by atoms with Gasteiger partial charge < -0.3 is 0 Å². The van der Waals surface area contributed by atoms with E-state index in [1.807, 2.05) is 6.07 Å². The number of nitriles is 1. The van der Waals surface area contributed by atoms with Crippen molar-refractivity contribution in [2.45, 2.75) is 50.1 Å². The molecule has 2 aliphatic carbocycles. The molecule has 0 bridgehead atoms. The molecule has 2 aliphatic rings. The van der Waals surface area contributed by atoms with Gasteiger partial charge in [-0.25, -0.2) is 0 Å². The topological polar surface area (TPSA) is 35.8 Å². The van der Waals surface area contributed by atoms with Gasteiger partial charge in [0.05, 0.1) is 6.07 Å². The third kappa shape index (κ3) is 1.75. The average Bonchev–Trinajstić information content (AvgIpc) is 2.99. The van der Waals surface area contributed by atoms with Gasteiger partial charge in [0.15, 0.2) is 0 Å². The molecule has 1 saturated carbocycles. The van der Waals surface area contributed by atoms with Crippen molar-refractivity contribution in [3.8, 4) is 6.07 Å². The quantitative estimate of drug-likeness (QED) is 0.841. The summed E-state index contributed by atoms with van der Waals surface area (Å²) in [6.07, 6.45) is 7.03. The van der Waals surface area contributed by atoms with Crippen LogP contribution >= 0.6 is 0 Å². The van der Waals surface area contributed by atoms with Crippen LogP contribution in [0.4, 0.5) is 0 Å². The Morgan fingerprint density at radius 2 is 2.00 bits per heavy atom. The van der Waals surface area contributed by atoms with Gasteiger partial charge in [-0.2, -0.15) is 5.26 Å². The van der Waals surface area contributed by atoms with E-state index in [0.29, 0.717) is 6.04 Å². The van der Waals surface area contributed by atoms with Gasteiger partial charge in [0.2, 0.25) is 0 Å².